The molecule has 0 aliphatic carbocycles. The van der Waals surface area contributed by atoms with E-state index in [1.807, 2.05) is 13.8 Å². The molecule has 1 atom stereocenters. The van der Waals surface area contributed by atoms with Crippen LogP contribution in [-0.4, -0.2) is 11.2 Å². The number of benzene rings is 1. The molecule has 0 spiro atoms. The summed E-state index contributed by atoms with van der Waals surface area (Å²) in [6.45, 7) is 3.74. The Morgan fingerprint density at radius 2 is 1.93 bits per heavy atom. The van der Waals surface area contributed by atoms with Crippen molar-refractivity contribution in [1.29, 1.82) is 0 Å². The van der Waals surface area contributed by atoms with E-state index in [0.717, 1.165) is 6.29 Å². The lowest BCUT2D eigenvalue weighted by atomic mass is 9.89. The predicted molar refractivity (Wildman–Crippen MR) is 56.7 cm³/mol. The van der Waals surface area contributed by atoms with E-state index in [9.17, 15) is 14.9 Å². The zero-order valence-corrected chi connectivity index (χ0v) is 8.71. The molecule has 4 nitrogen and oxygen atoms in total. The Hall–Kier alpha value is -1.71. The molecule has 80 valence electrons. The SMILES string of the molecule is CC(C)C(C=O)c1ccccc1[N+](=O)[O-]. The summed E-state index contributed by atoms with van der Waals surface area (Å²) in [7, 11) is 0. The molecule has 1 aromatic carbocycles. The fourth-order valence-electron chi connectivity index (χ4n) is 1.53. The van der Waals surface area contributed by atoms with Crippen molar-refractivity contribution in [3.8, 4) is 0 Å². The van der Waals surface area contributed by atoms with Crippen LogP contribution >= 0.6 is 0 Å². The van der Waals surface area contributed by atoms with Crippen LogP contribution in [0.1, 0.15) is 25.3 Å². The highest BCUT2D eigenvalue weighted by Gasteiger charge is 2.23. The third-order valence-electron chi connectivity index (χ3n) is 2.36. The van der Waals surface area contributed by atoms with Crippen LogP contribution < -0.4 is 0 Å². The van der Waals surface area contributed by atoms with Crippen molar-refractivity contribution in [2.45, 2.75) is 19.8 Å². The number of aldehydes is 1. The minimum Gasteiger partial charge on any atom is -0.303 e. The van der Waals surface area contributed by atoms with Gasteiger partial charge in [0.05, 0.1) is 4.92 Å². The van der Waals surface area contributed by atoms with Crippen LogP contribution in [0.3, 0.4) is 0 Å². The predicted octanol–water partition coefficient (Wildman–Crippen LogP) is 2.53. The van der Waals surface area contributed by atoms with E-state index < -0.39 is 10.8 Å². The van der Waals surface area contributed by atoms with Gasteiger partial charge in [-0.2, -0.15) is 0 Å². The highest BCUT2D eigenvalue weighted by molar-refractivity contribution is 5.66. The Labute approximate surface area is 88.1 Å². The lowest BCUT2D eigenvalue weighted by molar-refractivity contribution is -0.385. The van der Waals surface area contributed by atoms with Gasteiger partial charge in [0, 0.05) is 17.5 Å². The van der Waals surface area contributed by atoms with Crippen molar-refractivity contribution in [1.82, 2.24) is 0 Å². The van der Waals surface area contributed by atoms with Crippen molar-refractivity contribution < 1.29 is 9.72 Å². The van der Waals surface area contributed by atoms with E-state index in [1.165, 1.54) is 6.07 Å². The summed E-state index contributed by atoms with van der Waals surface area (Å²) in [5.41, 5.74) is 0.510. The molecule has 0 aliphatic heterocycles. The molecule has 15 heavy (non-hydrogen) atoms. The highest BCUT2D eigenvalue weighted by atomic mass is 16.6. The number of para-hydroxylation sites is 1. The molecule has 0 aliphatic rings. The molecule has 0 heterocycles. The summed E-state index contributed by atoms with van der Waals surface area (Å²) in [4.78, 5) is 21.2. The standard InChI is InChI=1S/C11H13NO3/c1-8(2)10(7-13)9-5-3-4-6-11(9)12(14)15/h3-8,10H,1-2H3. The van der Waals surface area contributed by atoms with Gasteiger partial charge in [-0.3, -0.25) is 10.1 Å². The quantitative estimate of drug-likeness (QED) is 0.433. The van der Waals surface area contributed by atoms with Gasteiger partial charge in [-0.15, -0.1) is 0 Å². The van der Waals surface area contributed by atoms with E-state index in [-0.39, 0.29) is 11.6 Å². The summed E-state index contributed by atoms with van der Waals surface area (Å²) in [6, 6.07) is 6.37. The Morgan fingerprint density at radius 1 is 1.33 bits per heavy atom. The number of hydrogen-bond donors (Lipinski definition) is 0. The number of hydrogen-bond acceptors (Lipinski definition) is 3. The van der Waals surface area contributed by atoms with Crippen LogP contribution in [0.4, 0.5) is 5.69 Å². The summed E-state index contributed by atoms with van der Waals surface area (Å²) in [5.74, 6) is -0.352. The Kier molecular flexibility index (Phi) is 3.55. The minimum atomic E-state index is -0.450. The number of carbonyl (C=O) groups is 1. The Morgan fingerprint density at radius 3 is 2.40 bits per heavy atom. The second-order valence-electron chi connectivity index (χ2n) is 3.72. The molecule has 0 saturated carbocycles. The first-order chi connectivity index (χ1) is 7.07. The van der Waals surface area contributed by atoms with Crippen LogP contribution in [-0.2, 0) is 4.79 Å². The van der Waals surface area contributed by atoms with Gasteiger partial charge in [0.2, 0.25) is 0 Å². The number of nitro benzene ring substituents is 1. The van der Waals surface area contributed by atoms with Gasteiger partial charge in [0.1, 0.15) is 6.29 Å². The van der Waals surface area contributed by atoms with Crippen molar-refractivity contribution >= 4 is 12.0 Å². The monoisotopic (exact) mass is 207 g/mol. The normalized spacial score (nSPS) is 12.5. The van der Waals surface area contributed by atoms with E-state index in [1.54, 1.807) is 18.2 Å². The number of nitro groups is 1. The molecule has 0 saturated heterocycles. The van der Waals surface area contributed by atoms with Gasteiger partial charge in [-0.05, 0) is 5.92 Å². The number of nitrogens with zero attached hydrogens (tertiary/aromatic N) is 1. The van der Waals surface area contributed by atoms with Crippen LogP contribution in [0, 0.1) is 16.0 Å². The lowest BCUT2D eigenvalue weighted by Crippen LogP contribution is -2.10. The molecule has 0 fully saturated rings. The topological polar surface area (TPSA) is 60.2 Å². The maximum absolute atomic E-state index is 10.9. The molecule has 1 rings (SSSR count). The zero-order valence-electron chi connectivity index (χ0n) is 8.71. The summed E-state index contributed by atoms with van der Waals surface area (Å²) < 4.78 is 0. The second kappa shape index (κ2) is 4.68. The Bertz CT molecular complexity index is 374. The molecule has 4 heteroatoms. The van der Waals surface area contributed by atoms with Crippen LogP contribution in [0.2, 0.25) is 0 Å². The van der Waals surface area contributed by atoms with Crippen LogP contribution in [0.15, 0.2) is 24.3 Å². The minimum absolute atomic E-state index is 0.0169. The summed E-state index contributed by atoms with van der Waals surface area (Å²) >= 11 is 0. The van der Waals surface area contributed by atoms with E-state index in [2.05, 4.69) is 0 Å². The fourth-order valence-corrected chi connectivity index (χ4v) is 1.53. The maximum Gasteiger partial charge on any atom is 0.273 e. The average Bonchev–Trinajstić information content (AvgIpc) is 2.18. The van der Waals surface area contributed by atoms with Gasteiger partial charge < -0.3 is 4.79 Å². The third kappa shape index (κ3) is 2.40. The van der Waals surface area contributed by atoms with E-state index in [4.69, 9.17) is 0 Å². The fraction of sp³-hybridized carbons (Fsp3) is 0.364. The largest absolute Gasteiger partial charge is 0.303 e. The van der Waals surface area contributed by atoms with Crippen molar-refractivity contribution in [3.63, 3.8) is 0 Å². The van der Waals surface area contributed by atoms with Gasteiger partial charge in [-0.25, -0.2) is 0 Å². The Balaban J connectivity index is 3.22. The van der Waals surface area contributed by atoms with Gasteiger partial charge in [0.15, 0.2) is 0 Å². The maximum atomic E-state index is 10.9. The average molecular weight is 207 g/mol. The molecule has 1 unspecified atom stereocenters. The first kappa shape index (κ1) is 11.4. The first-order valence-corrected chi connectivity index (χ1v) is 4.76. The molecule has 0 bridgehead atoms. The van der Waals surface area contributed by atoms with Gasteiger partial charge in [0.25, 0.3) is 5.69 Å². The van der Waals surface area contributed by atoms with E-state index in [0.29, 0.717) is 5.56 Å². The second-order valence-corrected chi connectivity index (χ2v) is 3.72. The van der Waals surface area contributed by atoms with E-state index >= 15 is 0 Å². The number of carbonyl (C=O) groups excluding carboxylic acids is 1. The zero-order chi connectivity index (χ0) is 11.4. The molecular weight excluding hydrogens is 194 g/mol. The molecule has 0 amide bonds. The third-order valence-corrected chi connectivity index (χ3v) is 2.36. The molecule has 0 radical (unpaired) electrons. The van der Waals surface area contributed by atoms with Gasteiger partial charge >= 0.3 is 0 Å². The summed E-state index contributed by atoms with van der Waals surface area (Å²) in [6.07, 6.45) is 0.771. The van der Waals surface area contributed by atoms with Crippen LogP contribution in [0.25, 0.3) is 0 Å². The van der Waals surface area contributed by atoms with Crippen molar-refractivity contribution in [2.24, 2.45) is 5.92 Å². The molecular formula is C11H13NO3. The van der Waals surface area contributed by atoms with Crippen LogP contribution in [0.5, 0.6) is 0 Å². The molecule has 0 aromatic heterocycles. The highest BCUT2D eigenvalue weighted by Crippen LogP contribution is 2.29. The smallest absolute Gasteiger partial charge is 0.273 e. The first-order valence-electron chi connectivity index (χ1n) is 4.76. The molecule has 1 aromatic rings. The van der Waals surface area contributed by atoms with Crippen molar-refractivity contribution in [2.75, 3.05) is 0 Å². The lowest BCUT2D eigenvalue weighted by Gasteiger charge is -2.14. The molecule has 0 N–H and O–H groups in total. The van der Waals surface area contributed by atoms with Gasteiger partial charge in [-0.1, -0.05) is 32.0 Å². The number of rotatable bonds is 4. The van der Waals surface area contributed by atoms with Crippen molar-refractivity contribution in [3.05, 3.63) is 39.9 Å². The summed E-state index contributed by atoms with van der Waals surface area (Å²) in [5, 5.41) is 10.8.